The topological polar surface area (TPSA) is 115 Å². The van der Waals surface area contributed by atoms with Crippen LogP contribution in [0.15, 0.2) is 34.9 Å². The Bertz CT molecular complexity index is 1330. The molecule has 0 aliphatic carbocycles. The highest BCUT2D eigenvalue weighted by Gasteiger charge is 2.34. The molecular formula is C19H13ClF3N7O2. The van der Waals surface area contributed by atoms with Gasteiger partial charge >= 0.3 is 12.2 Å². The molecule has 0 saturated heterocycles. The fourth-order valence-corrected chi connectivity index (χ4v) is 3.16. The molecule has 3 aromatic heterocycles. The van der Waals surface area contributed by atoms with Gasteiger partial charge in [0.15, 0.2) is 17.2 Å². The number of nitriles is 1. The van der Waals surface area contributed by atoms with E-state index in [-0.39, 0.29) is 23.1 Å². The number of aromatic nitrogens is 5. The van der Waals surface area contributed by atoms with Crippen LogP contribution in [-0.2, 0) is 6.18 Å². The fourth-order valence-electron chi connectivity index (χ4n) is 2.90. The molecule has 0 unspecified atom stereocenters. The largest absolute Gasteiger partial charge is 0.466 e. The van der Waals surface area contributed by atoms with Crippen LogP contribution in [0, 0.1) is 11.3 Å². The van der Waals surface area contributed by atoms with E-state index in [9.17, 15) is 13.2 Å². The third-order valence-electron chi connectivity index (χ3n) is 4.40. The normalized spacial score (nSPS) is 12.5. The van der Waals surface area contributed by atoms with Crippen molar-refractivity contribution in [3.8, 4) is 17.9 Å². The summed E-state index contributed by atoms with van der Waals surface area (Å²) in [6.07, 6.45) is -3.24. The number of hydrogen-bond donors (Lipinski definition) is 1. The summed E-state index contributed by atoms with van der Waals surface area (Å²) < 4.78 is 51.3. The van der Waals surface area contributed by atoms with E-state index in [0.717, 1.165) is 12.1 Å². The van der Waals surface area contributed by atoms with Crippen LogP contribution in [0.1, 0.15) is 29.9 Å². The summed E-state index contributed by atoms with van der Waals surface area (Å²) in [5.41, 5.74) is -0.553. The Kier molecular flexibility index (Phi) is 5.35. The van der Waals surface area contributed by atoms with Crippen molar-refractivity contribution in [1.29, 1.82) is 5.26 Å². The lowest BCUT2D eigenvalue weighted by Crippen LogP contribution is -2.14. The van der Waals surface area contributed by atoms with Crippen LogP contribution in [0.4, 0.5) is 19.2 Å². The Morgan fingerprint density at radius 3 is 2.69 bits per heavy atom. The summed E-state index contributed by atoms with van der Waals surface area (Å²) in [5.74, 6) is 0.734. The van der Waals surface area contributed by atoms with Gasteiger partial charge in [0.2, 0.25) is 0 Å². The van der Waals surface area contributed by atoms with Gasteiger partial charge in [0.25, 0.3) is 6.01 Å². The summed E-state index contributed by atoms with van der Waals surface area (Å²) in [7, 11) is 1.40. The number of hydrogen-bond acceptors (Lipinski definition) is 8. The summed E-state index contributed by atoms with van der Waals surface area (Å²) in [5, 5.41) is 15.6. The molecule has 0 saturated carbocycles. The molecule has 0 amide bonds. The number of oxazole rings is 1. The van der Waals surface area contributed by atoms with Crippen molar-refractivity contribution >= 4 is 28.7 Å². The Hall–Kier alpha value is -3.85. The van der Waals surface area contributed by atoms with Crippen LogP contribution in [0.5, 0.6) is 6.01 Å². The molecule has 164 valence electrons. The monoisotopic (exact) mass is 463 g/mol. The lowest BCUT2D eigenvalue weighted by Gasteiger charge is -2.12. The minimum absolute atomic E-state index is 0.00997. The van der Waals surface area contributed by atoms with Gasteiger partial charge in [-0.3, -0.25) is 0 Å². The smallest absolute Gasteiger partial charge is 0.417 e. The lowest BCUT2D eigenvalue weighted by atomic mass is 10.2. The van der Waals surface area contributed by atoms with E-state index in [1.54, 1.807) is 19.1 Å². The number of rotatable bonds is 5. The van der Waals surface area contributed by atoms with Crippen LogP contribution < -0.4 is 10.1 Å². The maximum atomic E-state index is 13.1. The first-order valence-corrected chi connectivity index (χ1v) is 9.38. The van der Waals surface area contributed by atoms with Gasteiger partial charge in [0.05, 0.1) is 29.3 Å². The summed E-state index contributed by atoms with van der Waals surface area (Å²) in [6.45, 7) is 1.71. The van der Waals surface area contributed by atoms with Crippen molar-refractivity contribution in [2.45, 2.75) is 19.1 Å². The molecule has 0 aliphatic heterocycles. The van der Waals surface area contributed by atoms with E-state index in [1.807, 2.05) is 6.07 Å². The number of alkyl halides is 3. The molecule has 0 fully saturated rings. The van der Waals surface area contributed by atoms with E-state index >= 15 is 0 Å². The number of methoxy groups -OCH3 is 1. The Labute approximate surface area is 183 Å². The molecule has 4 aromatic rings. The third-order valence-corrected chi connectivity index (χ3v) is 4.71. The maximum absolute atomic E-state index is 13.1. The second-order valence-corrected chi connectivity index (χ2v) is 6.98. The average Bonchev–Trinajstić information content (AvgIpc) is 3.35. The van der Waals surface area contributed by atoms with Crippen molar-refractivity contribution in [3.63, 3.8) is 0 Å². The zero-order valence-electron chi connectivity index (χ0n) is 16.5. The van der Waals surface area contributed by atoms with Crippen molar-refractivity contribution in [3.05, 3.63) is 52.4 Å². The van der Waals surface area contributed by atoms with Gasteiger partial charge in [0, 0.05) is 12.3 Å². The number of fused-ring (bicyclic) bond motifs is 1. The van der Waals surface area contributed by atoms with Gasteiger partial charge in [-0.25, -0.2) is 4.98 Å². The Balaban J connectivity index is 1.66. The molecule has 0 radical (unpaired) electrons. The molecule has 4 rings (SSSR count). The molecule has 1 aromatic carbocycles. The zero-order chi connectivity index (χ0) is 23.0. The molecule has 9 nitrogen and oxygen atoms in total. The van der Waals surface area contributed by atoms with Gasteiger partial charge in [-0.05, 0) is 25.1 Å². The second kappa shape index (κ2) is 8.01. The van der Waals surface area contributed by atoms with E-state index in [0.29, 0.717) is 17.2 Å². The van der Waals surface area contributed by atoms with Crippen LogP contribution >= 0.6 is 11.6 Å². The number of nitrogens with zero attached hydrogens (tertiary/aromatic N) is 6. The van der Waals surface area contributed by atoms with Gasteiger partial charge in [-0.2, -0.15) is 33.1 Å². The molecule has 1 N–H and O–H groups in total. The highest BCUT2D eigenvalue weighted by atomic mass is 35.5. The second-order valence-electron chi connectivity index (χ2n) is 6.57. The highest BCUT2D eigenvalue weighted by molar-refractivity contribution is 6.32. The summed E-state index contributed by atoms with van der Waals surface area (Å²) in [4.78, 5) is 12.5. The lowest BCUT2D eigenvalue weighted by molar-refractivity contribution is -0.137. The van der Waals surface area contributed by atoms with Crippen molar-refractivity contribution in [1.82, 2.24) is 24.7 Å². The first-order chi connectivity index (χ1) is 15.2. The van der Waals surface area contributed by atoms with Crippen LogP contribution in [0.3, 0.4) is 0 Å². The molecule has 1 atom stereocenters. The highest BCUT2D eigenvalue weighted by Crippen LogP contribution is 2.37. The third kappa shape index (κ3) is 4.02. The molecule has 0 spiro atoms. The molecular weight excluding hydrogens is 451 g/mol. The maximum Gasteiger partial charge on any atom is 0.417 e. The van der Waals surface area contributed by atoms with E-state index in [4.69, 9.17) is 26.0 Å². The fraction of sp³-hybridized carbons (Fsp3) is 0.211. The molecule has 0 aliphatic rings. The number of benzene rings is 1. The predicted octanol–water partition coefficient (Wildman–Crippen LogP) is 4.53. The van der Waals surface area contributed by atoms with Gasteiger partial charge in [0.1, 0.15) is 11.6 Å². The molecule has 13 heteroatoms. The number of ether oxygens (including phenoxy) is 1. The zero-order valence-corrected chi connectivity index (χ0v) is 17.2. The van der Waals surface area contributed by atoms with Crippen LogP contribution in [-0.4, -0.2) is 31.8 Å². The number of pyridine rings is 1. The molecule has 3 heterocycles. The molecule has 0 bridgehead atoms. The number of halogens is 4. The van der Waals surface area contributed by atoms with Crippen molar-refractivity contribution in [2.75, 3.05) is 12.4 Å². The van der Waals surface area contributed by atoms with E-state index in [2.05, 4.69) is 25.4 Å². The SMILES string of the molecule is COc1nc([C@H](C)Nc2nc3cc(C(F)(F)F)c(Cl)cc3o2)n(-c2ccc(C#N)cn2)n1. The standard InChI is InChI=1S/C19H13ClF3N7O2/c1-9(16-28-18(31-2)29-30(16)15-4-3-10(7-24)8-25-15)26-17-27-13-5-11(19(21,22)23)12(20)6-14(13)32-17/h3-6,8-9H,1-2H3,(H,26,27)/t9-/m0/s1. The van der Waals surface area contributed by atoms with Gasteiger partial charge in [-0.1, -0.05) is 11.6 Å². The first kappa shape index (κ1) is 21.4. The van der Waals surface area contributed by atoms with Crippen molar-refractivity contribution in [2.24, 2.45) is 0 Å². The van der Waals surface area contributed by atoms with E-state index in [1.165, 1.54) is 18.0 Å². The quantitative estimate of drug-likeness (QED) is 0.459. The Morgan fingerprint density at radius 1 is 1.28 bits per heavy atom. The van der Waals surface area contributed by atoms with Crippen molar-refractivity contribution < 1.29 is 22.3 Å². The van der Waals surface area contributed by atoms with Gasteiger partial charge < -0.3 is 14.5 Å². The number of nitrogens with one attached hydrogen (secondary N) is 1. The first-order valence-electron chi connectivity index (χ1n) is 9.01. The number of anilines is 1. The van der Waals surface area contributed by atoms with E-state index < -0.39 is 22.8 Å². The summed E-state index contributed by atoms with van der Waals surface area (Å²) >= 11 is 5.74. The Morgan fingerprint density at radius 2 is 2.06 bits per heavy atom. The molecule has 32 heavy (non-hydrogen) atoms. The minimum Gasteiger partial charge on any atom is -0.466 e. The summed E-state index contributed by atoms with van der Waals surface area (Å²) in [6, 6.07) is 6.48. The van der Waals surface area contributed by atoms with Gasteiger partial charge in [-0.15, -0.1) is 5.10 Å². The average molecular weight is 464 g/mol. The van der Waals surface area contributed by atoms with Crippen LogP contribution in [0.25, 0.3) is 16.9 Å². The predicted molar refractivity (Wildman–Crippen MR) is 106 cm³/mol. The van der Waals surface area contributed by atoms with Crippen LogP contribution in [0.2, 0.25) is 5.02 Å². The minimum atomic E-state index is -4.62.